The fraction of sp³-hybridized carbons (Fsp3) is 0.857. The number of hydrogen-bond acceptors (Lipinski definition) is 2. The van der Waals surface area contributed by atoms with Gasteiger partial charge in [-0.25, -0.2) is 0 Å². The number of carbonyl (C=O) groups excluding carboxylic acids is 1. The number of carbonyl (C=O) groups is 1. The summed E-state index contributed by atoms with van der Waals surface area (Å²) in [4.78, 5) is 11.0. The third-order valence-corrected chi connectivity index (χ3v) is 2.86. The van der Waals surface area contributed by atoms with Gasteiger partial charge in [-0.15, -0.1) is 0 Å². The molecule has 3 aliphatic rings. The van der Waals surface area contributed by atoms with E-state index < -0.39 is 0 Å². The third-order valence-electron chi connectivity index (χ3n) is 2.86. The second-order valence-corrected chi connectivity index (χ2v) is 3.34. The standard InChI is InChI=1S/C7H8O2/c8-5-2-3-1-4(5)7-6(3)9-7/h3-4,6-7H,1-2H2/t3-,4?,6-,7+/m0/s1. The van der Waals surface area contributed by atoms with Gasteiger partial charge in [-0.3, -0.25) is 4.79 Å². The van der Waals surface area contributed by atoms with Crippen LogP contribution in [0.5, 0.6) is 0 Å². The molecular formula is C7H8O2. The van der Waals surface area contributed by atoms with E-state index in [2.05, 4.69) is 0 Å². The van der Waals surface area contributed by atoms with Crippen molar-refractivity contribution in [3.05, 3.63) is 0 Å². The molecule has 0 aromatic heterocycles. The average molecular weight is 124 g/mol. The van der Waals surface area contributed by atoms with Crippen molar-refractivity contribution in [3.63, 3.8) is 0 Å². The topological polar surface area (TPSA) is 29.6 Å². The fourth-order valence-electron chi connectivity index (χ4n) is 2.36. The molecule has 2 bridgehead atoms. The van der Waals surface area contributed by atoms with Crippen LogP contribution in [0.4, 0.5) is 0 Å². The van der Waals surface area contributed by atoms with Crippen molar-refractivity contribution < 1.29 is 9.53 Å². The number of fused-ring (bicyclic) bond motifs is 5. The van der Waals surface area contributed by atoms with Crippen LogP contribution in [-0.2, 0) is 9.53 Å². The Morgan fingerprint density at radius 2 is 2.33 bits per heavy atom. The molecule has 1 saturated heterocycles. The van der Waals surface area contributed by atoms with Crippen molar-refractivity contribution in [1.29, 1.82) is 0 Å². The summed E-state index contributed by atoms with van der Waals surface area (Å²) in [7, 11) is 0. The molecule has 48 valence electrons. The molecule has 3 fully saturated rings. The lowest BCUT2D eigenvalue weighted by Crippen LogP contribution is -2.16. The van der Waals surface area contributed by atoms with Crippen molar-refractivity contribution in [2.24, 2.45) is 11.8 Å². The summed E-state index contributed by atoms with van der Waals surface area (Å²) in [5.41, 5.74) is 0. The zero-order chi connectivity index (χ0) is 6.01. The van der Waals surface area contributed by atoms with Crippen molar-refractivity contribution in [2.45, 2.75) is 25.0 Å². The molecule has 1 unspecified atom stereocenters. The number of ketones is 1. The zero-order valence-electron chi connectivity index (χ0n) is 5.04. The second kappa shape index (κ2) is 1.08. The van der Waals surface area contributed by atoms with Gasteiger partial charge in [-0.1, -0.05) is 0 Å². The van der Waals surface area contributed by atoms with Gasteiger partial charge in [0.15, 0.2) is 0 Å². The monoisotopic (exact) mass is 124 g/mol. The fourth-order valence-corrected chi connectivity index (χ4v) is 2.36. The molecule has 3 rings (SSSR count). The highest BCUT2D eigenvalue weighted by atomic mass is 16.6. The second-order valence-electron chi connectivity index (χ2n) is 3.34. The van der Waals surface area contributed by atoms with Crippen LogP contribution in [0.1, 0.15) is 12.8 Å². The third kappa shape index (κ3) is 0.368. The first-order valence-corrected chi connectivity index (χ1v) is 3.54. The Kier molecular flexibility index (Phi) is 0.533. The minimum atomic E-state index is 0.319. The smallest absolute Gasteiger partial charge is 0.139 e. The maximum atomic E-state index is 11.0. The van der Waals surface area contributed by atoms with E-state index in [9.17, 15) is 4.79 Å². The highest BCUT2D eigenvalue weighted by molar-refractivity contribution is 5.86. The Hall–Kier alpha value is -0.370. The molecule has 2 heteroatoms. The minimum Gasteiger partial charge on any atom is -0.368 e. The highest BCUT2D eigenvalue weighted by Crippen LogP contribution is 2.54. The Labute approximate surface area is 53.2 Å². The molecule has 1 aliphatic heterocycles. The first kappa shape index (κ1) is 4.45. The van der Waals surface area contributed by atoms with Crippen molar-refractivity contribution >= 4 is 5.78 Å². The molecule has 9 heavy (non-hydrogen) atoms. The summed E-state index contributed by atoms with van der Waals surface area (Å²) in [5.74, 6) is 1.39. The number of epoxide rings is 1. The predicted octanol–water partition coefficient (Wildman–Crippen LogP) is 0.363. The summed E-state index contributed by atoms with van der Waals surface area (Å²) in [6.07, 6.45) is 2.82. The summed E-state index contributed by atoms with van der Waals surface area (Å²) < 4.78 is 5.29. The molecule has 4 atom stereocenters. The van der Waals surface area contributed by atoms with E-state index in [4.69, 9.17) is 4.74 Å². The van der Waals surface area contributed by atoms with Gasteiger partial charge in [0, 0.05) is 12.3 Å². The molecule has 1 heterocycles. The number of rotatable bonds is 0. The Morgan fingerprint density at radius 3 is 2.89 bits per heavy atom. The van der Waals surface area contributed by atoms with Gasteiger partial charge in [0.1, 0.15) is 5.78 Å². The first-order valence-electron chi connectivity index (χ1n) is 3.54. The molecule has 0 N–H and O–H groups in total. The van der Waals surface area contributed by atoms with Gasteiger partial charge < -0.3 is 4.74 Å². The first-order chi connectivity index (χ1) is 4.36. The van der Waals surface area contributed by atoms with Crippen LogP contribution in [0, 0.1) is 11.8 Å². The molecule has 2 aliphatic carbocycles. The van der Waals surface area contributed by atoms with Gasteiger partial charge in [-0.05, 0) is 12.3 Å². The van der Waals surface area contributed by atoms with Crippen molar-refractivity contribution in [2.75, 3.05) is 0 Å². The predicted molar refractivity (Wildman–Crippen MR) is 29.9 cm³/mol. The van der Waals surface area contributed by atoms with E-state index in [1.165, 1.54) is 0 Å². The number of Topliss-reactive ketones (excluding diaryl/α,β-unsaturated/α-hetero) is 1. The zero-order valence-corrected chi connectivity index (χ0v) is 5.04. The van der Waals surface area contributed by atoms with E-state index >= 15 is 0 Å². The van der Waals surface area contributed by atoms with E-state index in [0.29, 0.717) is 29.8 Å². The van der Waals surface area contributed by atoms with Gasteiger partial charge in [0.05, 0.1) is 12.2 Å². The summed E-state index contributed by atoms with van der Waals surface area (Å²) in [6, 6.07) is 0. The molecule has 0 amide bonds. The van der Waals surface area contributed by atoms with Gasteiger partial charge in [-0.2, -0.15) is 0 Å². The maximum Gasteiger partial charge on any atom is 0.139 e. The molecule has 0 radical (unpaired) electrons. The van der Waals surface area contributed by atoms with Crippen LogP contribution in [0.2, 0.25) is 0 Å². The van der Waals surface area contributed by atoms with Crippen LogP contribution in [-0.4, -0.2) is 18.0 Å². The Morgan fingerprint density at radius 1 is 1.44 bits per heavy atom. The Bertz CT molecular complexity index is 187. The highest BCUT2D eigenvalue weighted by Gasteiger charge is 2.63. The maximum absolute atomic E-state index is 11.0. The SMILES string of the molecule is O=C1C[C@@H]2CC1[C@H]1O[C@@H]21. The Balaban J connectivity index is 2.04. The van der Waals surface area contributed by atoms with Crippen LogP contribution in [0.15, 0.2) is 0 Å². The minimum absolute atomic E-state index is 0.319. The molecule has 0 aromatic carbocycles. The molecule has 0 aromatic rings. The van der Waals surface area contributed by atoms with E-state index in [1.807, 2.05) is 0 Å². The normalized spacial score (nSPS) is 60.2. The van der Waals surface area contributed by atoms with E-state index in [-0.39, 0.29) is 0 Å². The van der Waals surface area contributed by atoms with Crippen LogP contribution >= 0.6 is 0 Å². The van der Waals surface area contributed by atoms with Crippen molar-refractivity contribution in [1.82, 2.24) is 0 Å². The molecule has 2 nitrogen and oxygen atoms in total. The largest absolute Gasteiger partial charge is 0.368 e. The van der Waals surface area contributed by atoms with Crippen molar-refractivity contribution in [3.8, 4) is 0 Å². The molecule has 0 spiro atoms. The summed E-state index contributed by atoms with van der Waals surface area (Å²) >= 11 is 0. The van der Waals surface area contributed by atoms with E-state index in [1.54, 1.807) is 0 Å². The average Bonchev–Trinajstić information content (AvgIpc) is 2.46. The van der Waals surface area contributed by atoms with Gasteiger partial charge in [0.2, 0.25) is 0 Å². The van der Waals surface area contributed by atoms with Crippen LogP contribution < -0.4 is 0 Å². The quantitative estimate of drug-likeness (QED) is 0.436. The lowest BCUT2D eigenvalue weighted by Gasteiger charge is -1.99. The summed E-state index contributed by atoms with van der Waals surface area (Å²) in [6.45, 7) is 0. The van der Waals surface area contributed by atoms with E-state index in [0.717, 1.165) is 12.8 Å². The van der Waals surface area contributed by atoms with Crippen LogP contribution in [0.3, 0.4) is 0 Å². The van der Waals surface area contributed by atoms with Crippen LogP contribution in [0.25, 0.3) is 0 Å². The summed E-state index contributed by atoms with van der Waals surface area (Å²) in [5, 5.41) is 0. The number of hydrogen-bond donors (Lipinski definition) is 0. The molecular weight excluding hydrogens is 116 g/mol. The van der Waals surface area contributed by atoms with Gasteiger partial charge in [0.25, 0.3) is 0 Å². The number of ether oxygens (including phenoxy) is 1. The van der Waals surface area contributed by atoms with Gasteiger partial charge >= 0.3 is 0 Å². The lowest BCUT2D eigenvalue weighted by atomic mass is 10.00. The molecule has 2 saturated carbocycles. The lowest BCUT2D eigenvalue weighted by molar-refractivity contribution is -0.121.